The van der Waals surface area contributed by atoms with Crippen LogP contribution < -0.4 is 10.4 Å². The molecule has 1 saturated carbocycles. The number of carbonyl (C=O) groups is 2. The molecule has 48 heavy (non-hydrogen) atoms. The number of carboxylic acids is 1. The lowest BCUT2D eigenvalue weighted by molar-refractivity contribution is -0.349. The van der Waals surface area contributed by atoms with Crippen LogP contribution in [0.2, 0.25) is 0 Å². The zero-order chi connectivity index (χ0) is 34.4. The summed E-state index contributed by atoms with van der Waals surface area (Å²) in [5, 5.41) is 68.5. The molecule has 0 bridgehead atoms. The molecule has 13 atom stereocenters. The number of carboxylic acid groups (broad SMARTS) is 1. The van der Waals surface area contributed by atoms with E-state index in [9.17, 15) is 40.2 Å². The van der Waals surface area contributed by atoms with Crippen molar-refractivity contribution < 1.29 is 63.9 Å². The summed E-state index contributed by atoms with van der Waals surface area (Å²) in [5.41, 5.74) is 0.994. The van der Waals surface area contributed by atoms with Gasteiger partial charge in [-0.05, 0) is 37.5 Å². The summed E-state index contributed by atoms with van der Waals surface area (Å²) in [6, 6.07) is 17.0. The fourth-order valence-electron chi connectivity index (χ4n) is 6.28. The highest BCUT2D eigenvalue weighted by molar-refractivity contribution is 5.94. The Morgan fingerprint density at radius 3 is 2.00 bits per heavy atom. The summed E-state index contributed by atoms with van der Waals surface area (Å²) >= 11 is 0. The van der Waals surface area contributed by atoms with E-state index >= 15 is 0 Å². The van der Waals surface area contributed by atoms with Gasteiger partial charge in [-0.3, -0.25) is 4.79 Å². The number of carbonyl (C=O) groups excluding carboxylic acids is 2. The first-order valence-electron chi connectivity index (χ1n) is 16.3. The summed E-state index contributed by atoms with van der Waals surface area (Å²) in [4.78, 5) is 25.0. The summed E-state index contributed by atoms with van der Waals surface area (Å²) in [6.45, 7) is 1.30. The highest BCUT2D eigenvalue weighted by Gasteiger charge is 2.49. The molecule has 14 nitrogen and oxygen atoms in total. The van der Waals surface area contributed by atoms with Crippen LogP contribution in [0.25, 0.3) is 0 Å². The van der Waals surface area contributed by atoms with Crippen LogP contribution in [-0.2, 0) is 34.9 Å². The van der Waals surface area contributed by atoms with Crippen molar-refractivity contribution in [2.24, 2.45) is 0 Å². The largest absolute Gasteiger partial charge is 0.547 e. The van der Waals surface area contributed by atoms with Gasteiger partial charge >= 0.3 is 0 Å². The third-order valence-electron chi connectivity index (χ3n) is 9.06. The fourth-order valence-corrected chi connectivity index (χ4v) is 6.28. The van der Waals surface area contributed by atoms with Gasteiger partial charge in [0.15, 0.2) is 12.6 Å². The van der Waals surface area contributed by atoms with Crippen molar-refractivity contribution in [2.45, 2.75) is 119 Å². The van der Waals surface area contributed by atoms with Crippen LogP contribution in [0.3, 0.4) is 0 Å². The third kappa shape index (κ3) is 8.76. The molecule has 2 heterocycles. The van der Waals surface area contributed by atoms with Crippen LogP contribution in [0.4, 0.5) is 0 Å². The van der Waals surface area contributed by atoms with Gasteiger partial charge in [-0.2, -0.15) is 0 Å². The second kappa shape index (κ2) is 16.6. The van der Waals surface area contributed by atoms with E-state index in [0.29, 0.717) is 24.0 Å². The van der Waals surface area contributed by atoms with Crippen molar-refractivity contribution in [1.82, 2.24) is 5.32 Å². The van der Waals surface area contributed by atoms with Crippen molar-refractivity contribution in [3.63, 3.8) is 0 Å². The number of aliphatic carboxylic acids is 1. The van der Waals surface area contributed by atoms with Crippen molar-refractivity contribution in [1.29, 1.82) is 0 Å². The molecular weight excluding hydrogens is 630 g/mol. The molecule has 14 heteroatoms. The molecule has 264 valence electrons. The highest BCUT2D eigenvalue weighted by Crippen LogP contribution is 2.33. The summed E-state index contributed by atoms with van der Waals surface area (Å²) in [7, 11) is 0. The van der Waals surface area contributed by atoms with Crippen LogP contribution in [-0.4, -0.2) is 124 Å². The number of benzene rings is 2. The first-order chi connectivity index (χ1) is 23.0. The molecule has 5 rings (SSSR count). The number of aliphatic hydroxyl groups is 5. The Morgan fingerprint density at radius 2 is 1.40 bits per heavy atom. The van der Waals surface area contributed by atoms with E-state index in [-0.39, 0.29) is 13.0 Å². The second-order valence-corrected chi connectivity index (χ2v) is 12.5. The molecule has 2 aromatic rings. The van der Waals surface area contributed by atoms with Gasteiger partial charge in [0.2, 0.25) is 0 Å². The third-order valence-corrected chi connectivity index (χ3v) is 9.06. The topological polar surface area (TPSA) is 217 Å². The molecular formula is C34H44NO13-. The van der Waals surface area contributed by atoms with Crippen molar-refractivity contribution in [3.05, 3.63) is 71.8 Å². The lowest BCUT2D eigenvalue weighted by Crippen LogP contribution is -2.64. The average Bonchev–Trinajstić information content (AvgIpc) is 3.09. The minimum Gasteiger partial charge on any atom is -0.547 e. The lowest BCUT2D eigenvalue weighted by atomic mass is 9.93. The Labute approximate surface area is 278 Å². The normalized spacial score (nSPS) is 36.2. The van der Waals surface area contributed by atoms with Crippen LogP contribution >= 0.6 is 0 Å². The Hall–Kier alpha value is -3.02. The maximum Gasteiger partial charge on any atom is 0.251 e. The molecule has 2 aliphatic heterocycles. The molecule has 6 N–H and O–H groups in total. The Morgan fingerprint density at radius 1 is 0.812 bits per heavy atom. The molecule has 1 amide bonds. The smallest absolute Gasteiger partial charge is 0.251 e. The van der Waals surface area contributed by atoms with Crippen LogP contribution in [0.15, 0.2) is 60.7 Å². The Kier molecular flexibility index (Phi) is 12.5. The van der Waals surface area contributed by atoms with Gasteiger partial charge in [-0.15, -0.1) is 0 Å². The van der Waals surface area contributed by atoms with E-state index in [4.69, 9.17) is 23.7 Å². The summed E-state index contributed by atoms with van der Waals surface area (Å²) in [6.07, 6.45) is -14.6. The summed E-state index contributed by atoms with van der Waals surface area (Å²) < 4.78 is 29.8. The van der Waals surface area contributed by atoms with E-state index in [1.165, 1.54) is 6.92 Å². The quantitative estimate of drug-likeness (QED) is 0.156. The number of hydrogen-bond donors (Lipinski definition) is 6. The average molecular weight is 675 g/mol. The Bertz CT molecular complexity index is 1320. The van der Waals surface area contributed by atoms with Crippen LogP contribution in [0.5, 0.6) is 0 Å². The van der Waals surface area contributed by atoms with Gasteiger partial charge in [0.05, 0.1) is 24.3 Å². The first-order valence-corrected chi connectivity index (χ1v) is 16.3. The molecule has 2 saturated heterocycles. The van der Waals surface area contributed by atoms with Gasteiger partial charge in [-0.25, -0.2) is 0 Å². The predicted octanol–water partition coefficient (Wildman–Crippen LogP) is -1.22. The maximum absolute atomic E-state index is 12.8. The van der Waals surface area contributed by atoms with E-state index in [1.807, 2.05) is 0 Å². The number of aliphatic hydroxyl groups excluding tert-OH is 5. The number of rotatable bonds is 12. The van der Waals surface area contributed by atoms with Crippen molar-refractivity contribution in [2.75, 3.05) is 6.54 Å². The lowest BCUT2D eigenvalue weighted by Gasteiger charge is -2.46. The standard InChI is InChI=1S/C34H45NO13/c1-18-25(36)27(38)28(39)33(44-18)46-21-14-8-9-15-22(21)47-34-29(40)30(45-23(32(42)43)16-19-10-4-2-5-11-19)26(37)24(48-34)17-35-31(41)20-12-6-3-7-13-20/h2-7,10-13,18,21-30,33-34,36-40H,8-9,14-17H2,1H3,(H,35,41)(H,42,43)/p-1. The fraction of sp³-hybridized carbons (Fsp3) is 0.588. The molecule has 3 aliphatic rings. The van der Waals surface area contributed by atoms with Crippen LogP contribution in [0.1, 0.15) is 48.5 Å². The van der Waals surface area contributed by atoms with Gasteiger partial charge < -0.3 is 64.4 Å². The van der Waals surface area contributed by atoms with Crippen molar-refractivity contribution >= 4 is 11.9 Å². The van der Waals surface area contributed by atoms with E-state index in [1.54, 1.807) is 60.7 Å². The maximum atomic E-state index is 12.8. The van der Waals surface area contributed by atoms with E-state index in [2.05, 4.69) is 5.32 Å². The molecule has 2 aromatic carbocycles. The predicted molar refractivity (Wildman–Crippen MR) is 164 cm³/mol. The summed E-state index contributed by atoms with van der Waals surface area (Å²) in [5.74, 6) is -2.00. The Balaban J connectivity index is 1.34. The van der Waals surface area contributed by atoms with Gasteiger partial charge in [0.1, 0.15) is 48.8 Å². The molecule has 1 aliphatic carbocycles. The molecule has 0 radical (unpaired) electrons. The molecule has 0 aromatic heterocycles. The first kappa shape index (κ1) is 36.3. The monoisotopic (exact) mass is 674 g/mol. The SMILES string of the molecule is CC1OC(OC2CCCCC2OC2OC(CNC(=O)c3ccccc3)C(O)C(OC(Cc3ccccc3)C(=O)[O-])C2O)C(O)C(O)C1O. The minimum absolute atomic E-state index is 0.109. The van der Waals surface area contributed by atoms with E-state index < -0.39 is 91.6 Å². The van der Waals surface area contributed by atoms with Gasteiger partial charge in [0.25, 0.3) is 5.91 Å². The van der Waals surface area contributed by atoms with Gasteiger partial charge in [0, 0.05) is 18.5 Å². The number of nitrogens with one attached hydrogen (secondary N) is 1. The second-order valence-electron chi connectivity index (χ2n) is 12.5. The van der Waals surface area contributed by atoms with Gasteiger partial charge in [-0.1, -0.05) is 61.4 Å². The molecule has 3 fully saturated rings. The number of hydrogen-bond acceptors (Lipinski definition) is 13. The zero-order valence-corrected chi connectivity index (χ0v) is 26.5. The van der Waals surface area contributed by atoms with E-state index in [0.717, 1.165) is 12.8 Å². The molecule has 13 unspecified atom stereocenters. The van der Waals surface area contributed by atoms with Crippen LogP contribution in [0, 0.1) is 0 Å². The van der Waals surface area contributed by atoms with Crippen molar-refractivity contribution in [3.8, 4) is 0 Å². The highest BCUT2D eigenvalue weighted by atomic mass is 16.7. The number of ether oxygens (including phenoxy) is 5. The molecule has 0 spiro atoms. The zero-order valence-electron chi connectivity index (χ0n) is 26.5. The number of amides is 1. The minimum atomic E-state index is -1.69.